The van der Waals surface area contributed by atoms with Crippen molar-refractivity contribution in [2.24, 2.45) is 23.7 Å². The predicted octanol–water partition coefficient (Wildman–Crippen LogP) is 5.73. The summed E-state index contributed by atoms with van der Waals surface area (Å²) in [5.41, 5.74) is -0.0529. The van der Waals surface area contributed by atoms with E-state index in [1.165, 1.54) is 0 Å². The van der Waals surface area contributed by atoms with Crippen molar-refractivity contribution in [2.45, 2.75) is 76.8 Å². The Morgan fingerprint density at radius 3 is 2.66 bits per heavy atom. The number of urea groups is 1. The number of rotatable bonds is 6. The molecule has 5 aliphatic rings. The van der Waals surface area contributed by atoms with Crippen LogP contribution >= 0.6 is 23.2 Å². The van der Waals surface area contributed by atoms with Gasteiger partial charge in [-0.2, -0.15) is 0 Å². The molecule has 8 nitrogen and oxygen atoms in total. The van der Waals surface area contributed by atoms with Crippen LogP contribution in [0, 0.1) is 23.7 Å². The summed E-state index contributed by atoms with van der Waals surface area (Å²) in [6.07, 6.45) is 3.67. The molecule has 0 radical (unpaired) electrons. The molecule has 4 saturated heterocycles. The summed E-state index contributed by atoms with van der Waals surface area (Å²) in [7, 11) is 0. The SMILES string of the molecule is C[C@H]1[C@H](OCCCNC(=O)Nc2cc(Cl)cc(Cl)c2)O[C@@H]2O[C@]3(C)CC[C@H]4[C@H](C)CC[C@@H]1[C@@]24OO3. The minimum Gasteiger partial charge on any atom is -0.352 e. The molecular weight excluding hydrogens is 495 g/mol. The van der Waals surface area contributed by atoms with Crippen LogP contribution < -0.4 is 10.6 Å². The van der Waals surface area contributed by atoms with Gasteiger partial charge in [-0.3, -0.25) is 0 Å². The minimum atomic E-state index is -0.798. The number of carbonyl (C=O) groups excluding carboxylic acids is 1. The molecule has 4 aliphatic heterocycles. The third-order valence-corrected chi connectivity index (χ3v) is 8.54. The second kappa shape index (κ2) is 9.97. The highest BCUT2D eigenvalue weighted by Gasteiger charge is 2.69. The molecule has 1 aliphatic carbocycles. The van der Waals surface area contributed by atoms with E-state index >= 15 is 0 Å². The van der Waals surface area contributed by atoms with Crippen molar-refractivity contribution in [3.8, 4) is 0 Å². The fourth-order valence-electron chi connectivity index (χ4n) is 6.34. The summed E-state index contributed by atoms with van der Waals surface area (Å²) in [6.45, 7) is 7.27. The first-order valence-electron chi connectivity index (χ1n) is 12.5. The van der Waals surface area contributed by atoms with Gasteiger partial charge in [-0.15, -0.1) is 0 Å². The van der Waals surface area contributed by atoms with Gasteiger partial charge in [-0.05, 0) is 62.6 Å². The van der Waals surface area contributed by atoms with E-state index in [0.29, 0.717) is 47.1 Å². The normalized spacial score (nSPS) is 40.0. The summed E-state index contributed by atoms with van der Waals surface area (Å²) in [6, 6.07) is 4.55. The number of ether oxygens (including phenoxy) is 3. The maximum absolute atomic E-state index is 12.2. The van der Waals surface area contributed by atoms with E-state index in [4.69, 9.17) is 47.2 Å². The van der Waals surface area contributed by atoms with Gasteiger partial charge in [0.05, 0.1) is 6.61 Å². The molecule has 2 N–H and O–H groups in total. The largest absolute Gasteiger partial charge is 0.352 e. The number of hydrogen-bond donors (Lipinski definition) is 2. The highest BCUT2D eigenvalue weighted by Crippen LogP contribution is 2.60. The molecule has 2 amide bonds. The Balaban J connectivity index is 1.14. The Hall–Kier alpha value is -1.13. The predicted molar refractivity (Wildman–Crippen MR) is 131 cm³/mol. The van der Waals surface area contributed by atoms with E-state index in [0.717, 1.165) is 25.7 Å². The number of anilines is 1. The zero-order valence-electron chi connectivity index (χ0n) is 20.4. The lowest BCUT2D eigenvalue weighted by molar-refractivity contribution is -0.577. The van der Waals surface area contributed by atoms with Gasteiger partial charge in [0, 0.05) is 40.5 Å². The molecule has 1 saturated carbocycles. The van der Waals surface area contributed by atoms with Crippen LogP contribution in [0.5, 0.6) is 0 Å². The Bertz CT molecular complexity index is 932. The molecule has 8 atom stereocenters. The number of hydrogen-bond acceptors (Lipinski definition) is 6. The van der Waals surface area contributed by atoms with Crippen LogP contribution in [0.4, 0.5) is 10.5 Å². The first-order valence-corrected chi connectivity index (χ1v) is 13.3. The quantitative estimate of drug-likeness (QED) is 0.362. The van der Waals surface area contributed by atoms with Crippen molar-refractivity contribution in [3.63, 3.8) is 0 Å². The Kier molecular flexibility index (Phi) is 7.27. The van der Waals surface area contributed by atoms with Crippen LogP contribution in [-0.2, 0) is 24.0 Å². The van der Waals surface area contributed by atoms with Crippen molar-refractivity contribution in [2.75, 3.05) is 18.5 Å². The van der Waals surface area contributed by atoms with Crippen molar-refractivity contribution in [1.82, 2.24) is 5.32 Å². The van der Waals surface area contributed by atoms with Crippen LogP contribution in [0.2, 0.25) is 10.0 Å². The first-order chi connectivity index (χ1) is 16.7. The highest BCUT2D eigenvalue weighted by atomic mass is 35.5. The molecular formula is C25H34Cl2N2O6. The second-order valence-corrected chi connectivity index (χ2v) is 11.4. The lowest BCUT2D eigenvalue weighted by Gasteiger charge is -2.60. The molecule has 35 heavy (non-hydrogen) atoms. The molecule has 4 heterocycles. The molecule has 6 rings (SSSR count). The van der Waals surface area contributed by atoms with E-state index < -0.39 is 24.0 Å². The van der Waals surface area contributed by atoms with Crippen LogP contribution in [0.25, 0.3) is 0 Å². The molecule has 1 aromatic rings. The number of carbonyl (C=O) groups is 1. The van der Waals surface area contributed by atoms with E-state index in [2.05, 4.69) is 24.5 Å². The summed E-state index contributed by atoms with van der Waals surface area (Å²) >= 11 is 12.0. The lowest BCUT2D eigenvalue weighted by atomic mass is 9.58. The maximum atomic E-state index is 12.2. The zero-order chi connectivity index (χ0) is 24.8. The second-order valence-electron chi connectivity index (χ2n) is 10.5. The van der Waals surface area contributed by atoms with E-state index in [1.807, 2.05) is 6.92 Å². The van der Waals surface area contributed by atoms with E-state index in [-0.39, 0.29) is 17.9 Å². The van der Waals surface area contributed by atoms with Crippen LogP contribution in [-0.4, -0.2) is 43.2 Å². The van der Waals surface area contributed by atoms with Crippen molar-refractivity contribution in [1.29, 1.82) is 0 Å². The van der Waals surface area contributed by atoms with Crippen molar-refractivity contribution >= 4 is 34.9 Å². The van der Waals surface area contributed by atoms with Gasteiger partial charge in [-0.1, -0.05) is 37.0 Å². The molecule has 2 bridgehead atoms. The van der Waals surface area contributed by atoms with E-state index in [9.17, 15) is 4.79 Å². The van der Waals surface area contributed by atoms with Gasteiger partial charge in [0.2, 0.25) is 5.79 Å². The standard InChI is InChI=1S/C25H34Cl2N2O6/c1-14-5-6-20-15(2)21(32-22-25(20)19(14)7-8-24(3,33-22)34-35-25)31-10-4-9-28-23(30)29-18-12-16(26)11-17(27)13-18/h11-15,19-22H,4-10H2,1-3H3,(H2,28,29,30)/t14-,15-,19+,20+,21-,22-,24+,25-/m1/s1. The lowest BCUT2D eigenvalue weighted by Crippen LogP contribution is -2.70. The van der Waals surface area contributed by atoms with Crippen LogP contribution in [0.15, 0.2) is 18.2 Å². The number of nitrogens with one attached hydrogen (secondary N) is 2. The van der Waals surface area contributed by atoms with Crippen LogP contribution in [0.1, 0.15) is 52.9 Å². The summed E-state index contributed by atoms with van der Waals surface area (Å²) < 4.78 is 18.9. The van der Waals surface area contributed by atoms with Gasteiger partial charge in [0.15, 0.2) is 18.2 Å². The minimum absolute atomic E-state index is 0.125. The van der Waals surface area contributed by atoms with Gasteiger partial charge >= 0.3 is 6.03 Å². The zero-order valence-corrected chi connectivity index (χ0v) is 21.9. The van der Waals surface area contributed by atoms with Gasteiger partial charge in [-0.25, -0.2) is 14.6 Å². The summed E-state index contributed by atoms with van der Waals surface area (Å²) in [5, 5.41) is 6.46. The molecule has 1 spiro atoms. The summed E-state index contributed by atoms with van der Waals surface area (Å²) in [5.74, 6) is 0.404. The fraction of sp³-hybridized carbons (Fsp3) is 0.720. The molecule has 5 fully saturated rings. The van der Waals surface area contributed by atoms with Crippen molar-refractivity contribution < 1.29 is 28.8 Å². The molecule has 10 heteroatoms. The fourth-order valence-corrected chi connectivity index (χ4v) is 6.86. The average Bonchev–Trinajstić information content (AvgIpc) is 3.02. The number of halogens is 2. The smallest absolute Gasteiger partial charge is 0.319 e. The Morgan fingerprint density at radius 2 is 1.89 bits per heavy atom. The van der Waals surface area contributed by atoms with Gasteiger partial charge < -0.3 is 24.8 Å². The number of amides is 2. The van der Waals surface area contributed by atoms with Crippen molar-refractivity contribution in [3.05, 3.63) is 28.2 Å². The number of benzene rings is 1. The Morgan fingerprint density at radius 1 is 1.11 bits per heavy atom. The van der Waals surface area contributed by atoms with Crippen LogP contribution in [0.3, 0.4) is 0 Å². The summed E-state index contributed by atoms with van der Waals surface area (Å²) in [4.78, 5) is 24.2. The van der Waals surface area contributed by atoms with Gasteiger partial charge in [0.1, 0.15) is 0 Å². The molecule has 0 aromatic heterocycles. The molecule has 0 unspecified atom stereocenters. The molecule has 1 aromatic carbocycles. The van der Waals surface area contributed by atoms with E-state index in [1.54, 1.807) is 18.2 Å². The Labute approximate surface area is 216 Å². The third-order valence-electron chi connectivity index (χ3n) is 8.11. The topological polar surface area (TPSA) is 87.3 Å². The third kappa shape index (κ3) is 4.91. The number of fused-ring (bicyclic) bond motifs is 2. The van der Waals surface area contributed by atoms with Gasteiger partial charge in [0.25, 0.3) is 0 Å². The average molecular weight is 529 g/mol. The first kappa shape index (κ1) is 25.5. The maximum Gasteiger partial charge on any atom is 0.319 e. The highest BCUT2D eigenvalue weighted by molar-refractivity contribution is 6.35. The molecule has 194 valence electrons. The monoisotopic (exact) mass is 528 g/mol.